The molecule has 18 heavy (non-hydrogen) atoms. The molecule has 0 unspecified atom stereocenters. The largest absolute Gasteiger partial charge is 0.659 e. The van der Waals surface area contributed by atoms with E-state index in [1.807, 2.05) is 14.0 Å². The van der Waals surface area contributed by atoms with Gasteiger partial charge in [0.05, 0.1) is 5.60 Å². The summed E-state index contributed by atoms with van der Waals surface area (Å²) >= 11 is 0. The van der Waals surface area contributed by atoms with Gasteiger partial charge in [0.15, 0.2) is 0 Å². The van der Waals surface area contributed by atoms with Crippen LogP contribution in [0.4, 0.5) is 0 Å². The number of rotatable bonds is 2. The molecule has 0 heterocycles. The lowest BCUT2D eigenvalue weighted by molar-refractivity contribution is 0.0672. The molecule has 2 nitrogen and oxygen atoms in total. The SMILES string of the molecule is C[N-][C@@]1(C)CC[C@H](C(C)C)C2=C[C@@](C)(O)CC[C@@H]21. The second-order valence-electron chi connectivity index (χ2n) is 7.06. The zero-order chi connectivity index (χ0) is 13.6. The third-order valence-corrected chi connectivity index (χ3v) is 5.28. The van der Waals surface area contributed by atoms with E-state index in [9.17, 15) is 5.11 Å². The van der Waals surface area contributed by atoms with Crippen LogP contribution in [-0.2, 0) is 0 Å². The van der Waals surface area contributed by atoms with Crippen molar-refractivity contribution in [1.29, 1.82) is 0 Å². The van der Waals surface area contributed by atoms with Gasteiger partial charge < -0.3 is 10.4 Å². The van der Waals surface area contributed by atoms with Crippen molar-refractivity contribution in [2.45, 2.75) is 64.5 Å². The first-order valence-corrected chi connectivity index (χ1v) is 7.35. The third-order valence-electron chi connectivity index (χ3n) is 5.28. The molecule has 0 amide bonds. The fourth-order valence-electron chi connectivity index (χ4n) is 3.94. The normalized spacial score (nSPS) is 44.7. The summed E-state index contributed by atoms with van der Waals surface area (Å²) < 4.78 is 0. The maximum Gasteiger partial charge on any atom is 0.0802 e. The summed E-state index contributed by atoms with van der Waals surface area (Å²) in [6, 6.07) is 0. The molecule has 1 fully saturated rings. The fourth-order valence-corrected chi connectivity index (χ4v) is 3.94. The van der Waals surface area contributed by atoms with E-state index in [1.54, 1.807) is 0 Å². The van der Waals surface area contributed by atoms with Crippen molar-refractivity contribution in [3.05, 3.63) is 17.0 Å². The van der Waals surface area contributed by atoms with Crippen LogP contribution >= 0.6 is 0 Å². The quantitative estimate of drug-likeness (QED) is 0.741. The fraction of sp³-hybridized carbons (Fsp3) is 0.875. The van der Waals surface area contributed by atoms with Gasteiger partial charge in [-0.25, -0.2) is 0 Å². The van der Waals surface area contributed by atoms with Crippen molar-refractivity contribution < 1.29 is 5.11 Å². The summed E-state index contributed by atoms with van der Waals surface area (Å²) in [6.45, 7) is 8.85. The minimum Gasteiger partial charge on any atom is -0.659 e. The minimum atomic E-state index is -0.606. The van der Waals surface area contributed by atoms with Gasteiger partial charge in [0, 0.05) is 0 Å². The first-order chi connectivity index (χ1) is 8.29. The maximum absolute atomic E-state index is 10.3. The van der Waals surface area contributed by atoms with E-state index in [0.29, 0.717) is 17.8 Å². The lowest BCUT2D eigenvalue weighted by atomic mass is 9.59. The molecule has 0 aromatic carbocycles. The highest BCUT2D eigenvalue weighted by Crippen LogP contribution is 2.52. The number of nitrogens with zero attached hydrogens (tertiary/aromatic N) is 1. The van der Waals surface area contributed by atoms with Gasteiger partial charge in [-0.05, 0) is 43.9 Å². The Morgan fingerprint density at radius 2 is 1.94 bits per heavy atom. The van der Waals surface area contributed by atoms with Gasteiger partial charge in [-0.1, -0.05) is 38.8 Å². The Bertz CT molecular complexity index is 345. The Hall–Kier alpha value is -0.340. The van der Waals surface area contributed by atoms with Gasteiger partial charge in [-0.3, -0.25) is 0 Å². The second-order valence-corrected chi connectivity index (χ2v) is 7.06. The Morgan fingerprint density at radius 3 is 2.50 bits per heavy atom. The molecule has 0 radical (unpaired) electrons. The van der Waals surface area contributed by atoms with Crippen LogP contribution in [-0.4, -0.2) is 23.3 Å². The number of hydrogen-bond acceptors (Lipinski definition) is 1. The van der Waals surface area contributed by atoms with Crippen molar-refractivity contribution in [3.8, 4) is 0 Å². The van der Waals surface area contributed by atoms with E-state index in [-0.39, 0.29) is 5.54 Å². The monoisotopic (exact) mass is 250 g/mol. The average Bonchev–Trinajstić information content (AvgIpc) is 2.27. The third kappa shape index (κ3) is 2.37. The first-order valence-electron chi connectivity index (χ1n) is 7.35. The molecular weight excluding hydrogens is 222 g/mol. The molecule has 0 bridgehead atoms. The van der Waals surface area contributed by atoms with Crippen LogP contribution in [0, 0.1) is 17.8 Å². The van der Waals surface area contributed by atoms with E-state index >= 15 is 0 Å². The van der Waals surface area contributed by atoms with Crippen LogP contribution in [0.15, 0.2) is 11.6 Å². The van der Waals surface area contributed by atoms with Crippen LogP contribution in [0.1, 0.15) is 53.4 Å². The van der Waals surface area contributed by atoms with E-state index in [0.717, 1.165) is 12.8 Å². The smallest absolute Gasteiger partial charge is 0.0802 e. The highest BCUT2D eigenvalue weighted by molar-refractivity contribution is 5.30. The van der Waals surface area contributed by atoms with Crippen LogP contribution in [0.25, 0.3) is 5.32 Å². The van der Waals surface area contributed by atoms with Gasteiger partial charge in [-0.2, -0.15) is 7.05 Å². The van der Waals surface area contributed by atoms with Gasteiger partial charge in [0.25, 0.3) is 0 Å². The number of aliphatic hydroxyl groups is 1. The predicted molar refractivity (Wildman–Crippen MR) is 76.7 cm³/mol. The van der Waals surface area contributed by atoms with E-state index in [4.69, 9.17) is 0 Å². The van der Waals surface area contributed by atoms with E-state index < -0.39 is 5.60 Å². The zero-order valence-corrected chi connectivity index (χ0v) is 12.5. The molecule has 0 aromatic rings. The molecule has 2 heteroatoms. The number of fused-ring (bicyclic) bond motifs is 1. The predicted octanol–water partition coefficient (Wildman–Crippen LogP) is 3.90. The molecule has 1 saturated carbocycles. The summed E-state index contributed by atoms with van der Waals surface area (Å²) in [5.74, 6) is 1.84. The molecular formula is C16H28NO-. The summed E-state index contributed by atoms with van der Waals surface area (Å²) in [6.07, 6.45) is 6.52. The van der Waals surface area contributed by atoms with Crippen LogP contribution < -0.4 is 0 Å². The Kier molecular flexibility index (Phi) is 3.63. The molecule has 0 saturated heterocycles. The molecule has 2 rings (SSSR count). The summed E-state index contributed by atoms with van der Waals surface area (Å²) in [5, 5.41) is 15.0. The topological polar surface area (TPSA) is 34.3 Å². The van der Waals surface area contributed by atoms with Gasteiger partial charge >= 0.3 is 0 Å². The maximum atomic E-state index is 10.3. The van der Waals surface area contributed by atoms with Crippen molar-refractivity contribution in [2.75, 3.05) is 7.05 Å². The van der Waals surface area contributed by atoms with E-state index in [1.165, 1.54) is 18.4 Å². The summed E-state index contributed by atoms with van der Waals surface area (Å²) in [7, 11) is 1.96. The van der Waals surface area contributed by atoms with Crippen molar-refractivity contribution in [2.24, 2.45) is 17.8 Å². The molecule has 2 aliphatic carbocycles. The Balaban J connectivity index is 2.38. The molecule has 4 atom stereocenters. The van der Waals surface area contributed by atoms with Crippen molar-refractivity contribution in [1.82, 2.24) is 0 Å². The van der Waals surface area contributed by atoms with Gasteiger partial charge in [-0.15, -0.1) is 5.54 Å². The standard InChI is InChI=1S/C16H28NO/c1-11(2)12-6-9-16(4,17-5)14-7-8-15(3,18)10-13(12)14/h10-12,14,18H,6-9H2,1-5H3/q-1/t12-,14+,15+,16+/m1/s1. The highest BCUT2D eigenvalue weighted by atomic mass is 16.3. The highest BCUT2D eigenvalue weighted by Gasteiger charge is 2.42. The van der Waals surface area contributed by atoms with Crippen LogP contribution in [0.3, 0.4) is 0 Å². The Labute approximate surface area is 112 Å². The van der Waals surface area contributed by atoms with Gasteiger partial charge in [0.1, 0.15) is 0 Å². The molecule has 2 aliphatic rings. The average molecular weight is 250 g/mol. The first kappa shape index (κ1) is 14.1. The second kappa shape index (κ2) is 4.64. The molecule has 104 valence electrons. The number of hydrogen-bond donors (Lipinski definition) is 1. The van der Waals surface area contributed by atoms with Gasteiger partial charge in [0.2, 0.25) is 0 Å². The van der Waals surface area contributed by atoms with Crippen LogP contribution in [0.5, 0.6) is 0 Å². The Morgan fingerprint density at radius 1 is 1.28 bits per heavy atom. The van der Waals surface area contributed by atoms with Crippen molar-refractivity contribution >= 4 is 0 Å². The van der Waals surface area contributed by atoms with E-state index in [2.05, 4.69) is 32.2 Å². The minimum absolute atomic E-state index is 0.0910. The molecule has 0 spiro atoms. The zero-order valence-electron chi connectivity index (χ0n) is 12.5. The lowest BCUT2D eigenvalue weighted by Crippen LogP contribution is -2.46. The molecule has 0 aromatic heterocycles. The summed E-state index contributed by atoms with van der Waals surface area (Å²) in [5.41, 5.74) is 0.971. The van der Waals surface area contributed by atoms with Crippen LogP contribution in [0.2, 0.25) is 0 Å². The molecule has 0 aliphatic heterocycles. The summed E-state index contributed by atoms with van der Waals surface area (Å²) in [4.78, 5) is 0. The lowest BCUT2D eigenvalue weighted by Gasteiger charge is -2.57. The van der Waals surface area contributed by atoms with Crippen molar-refractivity contribution in [3.63, 3.8) is 0 Å². The molecule has 1 N–H and O–H groups in total.